The van der Waals surface area contributed by atoms with Gasteiger partial charge in [0.15, 0.2) is 0 Å². The molecule has 1 atom stereocenters. The third-order valence-electron chi connectivity index (χ3n) is 4.04. The quantitative estimate of drug-likeness (QED) is 0.688. The van der Waals surface area contributed by atoms with E-state index in [0.29, 0.717) is 17.1 Å². The third kappa shape index (κ3) is 4.39. The summed E-state index contributed by atoms with van der Waals surface area (Å²) in [6.07, 6.45) is 1.71. The lowest BCUT2D eigenvalue weighted by molar-refractivity contribution is 0.102. The summed E-state index contributed by atoms with van der Waals surface area (Å²) in [5, 5.41) is 6.18. The fourth-order valence-electron chi connectivity index (χ4n) is 2.56. The van der Waals surface area contributed by atoms with E-state index in [-0.39, 0.29) is 11.9 Å². The Hall–Kier alpha value is -3.34. The maximum Gasteiger partial charge on any atom is 0.256 e. The van der Waals surface area contributed by atoms with Gasteiger partial charge >= 0.3 is 0 Å². The highest BCUT2D eigenvalue weighted by molar-refractivity contribution is 6.03. The van der Waals surface area contributed by atoms with Crippen molar-refractivity contribution in [1.29, 1.82) is 0 Å². The van der Waals surface area contributed by atoms with Crippen molar-refractivity contribution in [2.24, 2.45) is 0 Å². The largest absolute Gasteiger partial charge is 0.497 e. The normalized spacial score (nSPS) is 11.5. The van der Waals surface area contributed by atoms with E-state index >= 15 is 0 Å². The number of benzene rings is 2. The first-order chi connectivity index (χ1) is 12.7. The standard InChI is InChI=1S/C21H21N3O2/c1-15(16-6-4-3-5-7-16)23-18-10-13-20(22-14-18)24-21(25)17-8-11-19(26-2)12-9-17/h3-15,23H,1-2H3,(H,22,24,25). The first-order valence-electron chi connectivity index (χ1n) is 8.38. The Kier molecular flexibility index (Phi) is 5.49. The highest BCUT2D eigenvalue weighted by Gasteiger charge is 2.08. The molecule has 0 bridgehead atoms. The lowest BCUT2D eigenvalue weighted by Crippen LogP contribution is -2.13. The molecule has 5 heteroatoms. The Balaban J connectivity index is 1.61. The van der Waals surface area contributed by atoms with Crippen LogP contribution >= 0.6 is 0 Å². The number of nitrogens with one attached hydrogen (secondary N) is 2. The number of methoxy groups -OCH3 is 1. The predicted octanol–water partition coefficient (Wildman–Crippen LogP) is 4.52. The molecule has 0 aliphatic rings. The summed E-state index contributed by atoms with van der Waals surface area (Å²) in [5.41, 5.74) is 2.64. The SMILES string of the molecule is COc1ccc(C(=O)Nc2ccc(NC(C)c3ccccc3)cn2)cc1. The van der Waals surface area contributed by atoms with Gasteiger partial charge in [0.25, 0.3) is 5.91 Å². The molecule has 2 aromatic carbocycles. The van der Waals surface area contributed by atoms with Gasteiger partial charge in [0, 0.05) is 11.6 Å². The summed E-state index contributed by atoms with van der Waals surface area (Å²) in [6.45, 7) is 2.09. The van der Waals surface area contributed by atoms with Crippen LogP contribution in [0.15, 0.2) is 72.9 Å². The Morgan fingerprint density at radius 1 is 1.00 bits per heavy atom. The van der Waals surface area contributed by atoms with Crippen LogP contribution in [0.2, 0.25) is 0 Å². The van der Waals surface area contributed by atoms with Crippen molar-refractivity contribution in [3.8, 4) is 5.75 Å². The number of nitrogens with zero attached hydrogens (tertiary/aromatic N) is 1. The molecule has 0 aliphatic carbocycles. The highest BCUT2D eigenvalue weighted by atomic mass is 16.5. The summed E-state index contributed by atoms with van der Waals surface area (Å²) < 4.78 is 5.09. The zero-order valence-corrected chi connectivity index (χ0v) is 14.8. The van der Waals surface area contributed by atoms with Gasteiger partial charge in [-0.25, -0.2) is 4.98 Å². The van der Waals surface area contributed by atoms with E-state index in [1.54, 1.807) is 43.6 Å². The Bertz CT molecular complexity index is 847. The number of hydrogen-bond donors (Lipinski definition) is 2. The summed E-state index contributed by atoms with van der Waals surface area (Å²) in [6, 6.07) is 21.0. The molecule has 3 rings (SSSR count). The molecule has 0 saturated heterocycles. The van der Waals surface area contributed by atoms with Crippen molar-refractivity contribution < 1.29 is 9.53 Å². The summed E-state index contributed by atoms with van der Waals surface area (Å²) >= 11 is 0. The second-order valence-electron chi connectivity index (χ2n) is 5.89. The van der Waals surface area contributed by atoms with Crippen molar-refractivity contribution >= 4 is 17.4 Å². The van der Waals surface area contributed by atoms with Crippen LogP contribution in [0.5, 0.6) is 5.75 Å². The molecule has 2 N–H and O–H groups in total. The smallest absolute Gasteiger partial charge is 0.256 e. The van der Waals surface area contributed by atoms with Gasteiger partial charge in [0.2, 0.25) is 0 Å². The van der Waals surface area contributed by atoms with Crippen molar-refractivity contribution in [3.05, 3.63) is 84.1 Å². The number of carbonyl (C=O) groups excluding carboxylic acids is 1. The lowest BCUT2D eigenvalue weighted by atomic mass is 10.1. The number of rotatable bonds is 6. The van der Waals surface area contributed by atoms with Crippen LogP contribution in [-0.4, -0.2) is 18.0 Å². The summed E-state index contributed by atoms with van der Waals surface area (Å²) in [4.78, 5) is 16.6. The van der Waals surface area contributed by atoms with Gasteiger partial charge in [-0.2, -0.15) is 0 Å². The highest BCUT2D eigenvalue weighted by Crippen LogP contribution is 2.19. The molecule has 0 saturated carbocycles. The fraction of sp³-hybridized carbons (Fsp3) is 0.143. The van der Waals surface area contributed by atoms with Crippen molar-refractivity contribution in [2.75, 3.05) is 17.7 Å². The zero-order chi connectivity index (χ0) is 18.4. The molecule has 0 fully saturated rings. The fourth-order valence-corrected chi connectivity index (χ4v) is 2.56. The zero-order valence-electron chi connectivity index (χ0n) is 14.8. The van der Waals surface area contributed by atoms with E-state index in [0.717, 1.165) is 5.69 Å². The van der Waals surface area contributed by atoms with Crippen molar-refractivity contribution in [1.82, 2.24) is 4.98 Å². The minimum Gasteiger partial charge on any atom is -0.497 e. The second kappa shape index (κ2) is 8.16. The van der Waals surface area contributed by atoms with Gasteiger partial charge in [-0.3, -0.25) is 4.79 Å². The molecule has 1 unspecified atom stereocenters. The Morgan fingerprint density at radius 2 is 1.73 bits per heavy atom. The lowest BCUT2D eigenvalue weighted by Gasteiger charge is -2.15. The molecule has 0 radical (unpaired) electrons. The van der Waals surface area contributed by atoms with E-state index in [9.17, 15) is 4.79 Å². The maximum absolute atomic E-state index is 12.3. The molecule has 0 aliphatic heterocycles. The van der Waals surface area contributed by atoms with Crippen LogP contribution < -0.4 is 15.4 Å². The van der Waals surface area contributed by atoms with Gasteiger partial charge in [0.05, 0.1) is 19.0 Å². The predicted molar refractivity (Wildman–Crippen MR) is 104 cm³/mol. The van der Waals surface area contributed by atoms with Crippen LogP contribution in [0.3, 0.4) is 0 Å². The summed E-state index contributed by atoms with van der Waals surface area (Å²) in [7, 11) is 1.59. The summed E-state index contributed by atoms with van der Waals surface area (Å²) in [5.74, 6) is 1.00. The number of ether oxygens (including phenoxy) is 1. The number of carbonyl (C=O) groups is 1. The molecule has 5 nitrogen and oxygen atoms in total. The molecular formula is C21H21N3O2. The Labute approximate surface area is 153 Å². The van der Waals surface area contributed by atoms with Gasteiger partial charge in [0.1, 0.15) is 11.6 Å². The van der Waals surface area contributed by atoms with Gasteiger partial charge < -0.3 is 15.4 Å². The van der Waals surface area contributed by atoms with Crippen molar-refractivity contribution in [3.63, 3.8) is 0 Å². The topological polar surface area (TPSA) is 63.2 Å². The van der Waals surface area contributed by atoms with E-state index in [2.05, 4.69) is 34.7 Å². The maximum atomic E-state index is 12.3. The molecule has 0 spiro atoms. The minimum atomic E-state index is -0.210. The molecule has 1 amide bonds. The van der Waals surface area contributed by atoms with Crippen LogP contribution in [-0.2, 0) is 0 Å². The molecular weight excluding hydrogens is 326 g/mol. The molecule has 132 valence electrons. The second-order valence-corrected chi connectivity index (χ2v) is 5.89. The molecule has 3 aromatic rings. The van der Waals surface area contributed by atoms with Gasteiger partial charge in [-0.05, 0) is 48.9 Å². The van der Waals surface area contributed by atoms with Crippen LogP contribution in [0.4, 0.5) is 11.5 Å². The number of hydrogen-bond acceptors (Lipinski definition) is 4. The van der Waals surface area contributed by atoms with Gasteiger partial charge in [-0.15, -0.1) is 0 Å². The van der Waals surface area contributed by atoms with E-state index in [4.69, 9.17) is 4.74 Å². The van der Waals surface area contributed by atoms with E-state index in [1.165, 1.54) is 5.56 Å². The first kappa shape index (κ1) is 17.5. The van der Waals surface area contributed by atoms with E-state index in [1.807, 2.05) is 24.3 Å². The molecule has 1 aromatic heterocycles. The van der Waals surface area contributed by atoms with Gasteiger partial charge in [-0.1, -0.05) is 30.3 Å². The monoisotopic (exact) mass is 347 g/mol. The average molecular weight is 347 g/mol. The molecule has 1 heterocycles. The number of anilines is 2. The average Bonchev–Trinajstić information content (AvgIpc) is 2.70. The number of pyridine rings is 1. The first-order valence-corrected chi connectivity index (χ1v) is 8.38. The minimum absolute atomic E-state index is 0.165. The Morgan fingerprint density at radius 3 is 2.35 bits per heavy atom. The van der Waals surface area contributed by atoms with Crippen LogP contribution in [0.25, 0.3) is 0 Å². The third-order valence-corrected chi connectivity index (χ3v) is 4.04. The number of aromatic nitrogens is 1. The molecule has 26 heavy (non-hydrogen) atoms. The van der Waals surface area contributed by atoms with Crippen LogP contribution in [0, 0.1) is 0 Å². The number of amides is 1. The van der Waals surface area contributed by atoms with Crippen molar-refractivity contribution in [2.45, 2.75) is 13.0 Å². The van der Waals surface area contributed by atoms with E-state index < -0.39 is 0 Å². The van der Waals surface area contributed by atoms with Crippen LogP contribution in [0.1, 0.15) is 28.9 Å².